The maximum absolute atomic E-state index is 11.5. The third kappa shape index (κ3) is 3.48. The number of hydrogen-bond acceptors (Lipinski definition) is 4. The summed E-state index contributed by atoms with van der Waals surface area (Å²) in [6.45, 7) is 5.24. The molecule has 1 aliphatic rings. The second-order valence-electron chi connectivity index (χ2n) is 5.11. The molecule has 1 aliphatic heterocycles. The van der Waals surface area contributed by atoms with Crippen LogP contribution in [0.1, 0.15) is 19.8 Å². The van der Waals surface area contributed by atoms with Crippen LogP contribution in [0.3, 0.4) is 0 Å². The van der Waals surface area contributed by atoms with Gasteiger partial charge in [0.15, 0.2) is 9.84 Å². The Morgan fingerprint density at radius 3 is 2.47 bits per heavy atom. The van der Waals surface area contributed by atoms with E-state index in [1.807, 2.05) is 12.1 Å². The van der Waals surface area contributed by atoms with Crippen LogP contribution in [0.15, 0.2) is 29.2 Å². The molecule has 1 fully saturated rings. The number of rotatable bonds is 5. The van der Waals surface area contributed by atoms with Crippen LogP contribution in [0.25, 0.3) is 0 Å². The van der Waals surface area contributed by atoms with E-state index >= 15 is 0 Å². The van der Waals surface area contributed by atoms with E-state index in [-0.39, 0.29) is 0 Å². The Morgan fingerprint density at radius 2 is 2.00 bits per heavy atom. The SMILES string of the molecule is CCCN(c1ccc(S(C)(=O)=O)cc1)C1CCNC1. The number of hydrogen-bond donors (Lipinski definition) is 1. The molecule has 1 aromatic rings. The zero-order chi connectivity index (χ0) is 13.9. The van der Waals surface area contributed by atoms with Gasteiger partial charge in [-0.2, -0.15) is 0 Å². The third-order valence-electron chi connectivity index (χ3n) is 3.54. The number of benzene rings is 1. The fourth-order valence-electron chi connectivity index (χ4n) is 2.55. The van der Waals surface area contributed by atoms with Gasteiger partial charge in [0.2, 0.25) is 0 Å². The highest BCUT2D eigenvalue weighted by atomic mass is 32.2. The molecule has 0 radical (unpaired) electrons. The second-order valence-corrected chi connectivity index (χ2v) is 7.12. The van der Waals surface area contributed by atoms with Crippen LogP contribution in [-0.4, -0.2) is 40.3 Å². The lowest BCUT2D eigenvalue weighted by Crippen LogP contribution is -2.37. The van der Waals surface area contributed by atoms with E-state index in [0.717, 1.165) is 38.2 Å². The van der Waals surface area contributed by atoms with Gasteiger partial charge in [-0.1, -0.05) is 6.92 Å². The van der Waals surface area contributed by atoms with Crippen molar-refractivity contribution >= 4 is 15.5 Å². The van der Waals surface area contributed by atoms with E-state index in [0.29, 0.717) is 10.9 Å². The van der Waals surface area contributed by atoms with E-state index in [2.05, 4.69) is 17.1 Å². The Balaban J connectivity index is 2.22. The molecule has 1 atom stereocenters. The van der Waals surface area contributed by atoms with Crippen molar-refractivity contribution in [3.63, 3.8) is 0 Å². The summed E-state index contributed by atoms with van der Waals surface area (Å²) >= 11 is 0. The lowest BCUT2D eigenvalue weighted by Gasteiger charge is -2.30. The van der Waals surface area contributed by atoms with Crippen LogP contribution in [0.2, 0.25) is 0 Å². The van der Waals surface area contributed by atoms with Gasteiger partial charge in [0.05, 0.1) is 4.90 Å². The summed E-state index contributed by atoms with van der Waals surface area (Å²) in [6.07, 6.45) is 3.48. The average Bonchev–Trinajstić information content (AvgIpc) is 2.89. The van der Waals surface area contributed by atoms with Crippen LogP contribution < -0.4 is 10.2 Å². The first-order valence-electron chi connectivity index (χ1n) is 6.80. The normalized spacial score (nSPS) is 19.6. The Bertz CT molecular complexity index is 505. The topological polar surface area (TPSA) is 49.4 Å². The Morgan fingerprint density at radius 1 is 1.32 bits per heavy atom. The molecule has 1 heterocycles. The van der Waals surface area contributed by atoms with Gasteiger partial charge in [0.1, 0.15) is 0 Å². The van der Waals surface area contributed by atoms with Crippen molar-refractivity contribution in [3.05, 3.63) is 24.3 Å². The third-order valence-corrected chi connectivity index (χ3v) is 4.66. The minimum atomic E-state index is -3.11. The highest BCUT2D eigenvalue weighted by molar-refractivity contribution is 7.90. The lowest BCUT2D eigenvalue weighted by atomic mass is 10.1. The predicted molar refractivity (Wildman–Crippen MR) is 78.5 cm³/mol. The summed E-state index contributed by atoms with van der Waals surface area (Å²) in [5.74, 6) is 0. The molecule has 0 aromatic heterocycles. The van der Waals surface area contributed by atoms with E-state index in [4.69, 9.17) is 0 Å². The molecule has 5 heteroatoms. The molecule has 2 rings (SSSR count). The number of nitrogens with zero attached hydrogens (tertiary/aromatic N) is 1. The van der Waals surface area contributed by atoms with Gasteiger partial charge >= 0.3 is 0 Å². The molecular formula is C14H22N2O2S. The summed E-state index contributed by atoms with van der Waals surface area (Å²) in [4.78, 5) is 2.77. The molecule has 1 saturated heterocycles. The molecule has 0 bridgehead atoms. The molecule has 19 heavy (non-hydrogen) atoms. The summed E-state index contributed by atoms with van der Waals surface area (Å²) in [5.41, 5.74) is 1.11. The van der Waals surface area contributed by atoms with Gasteiger partial charge in [-0.15, -0.1) is 0 Å². The first kappa shape index (κ1) is 14.3. The quantitative estimate of drug-likeness (QED) is 0.892. The zero-order valence-electron chi connectivity index (χ0n) is 11.6. The van der Waals surface area contributed by atoms with Gasteiger partial charge in [0.25, 0.3) is 0 Å². The van der Waals surface area contributed by atoms with Crippen molar-refractivity contribution in [1.82, 2.24) is 5.32 Å². The molecule has 0 saturated carbocycles. The fraction of sp³-hybridized carbons (Fsp3) is 0.571. The van der Waals surface area contributed by atoms with Crippen molar-refractivity contribution in [2.45, 2.75) is 30.7 Å². The number of nitrogens with one attached hydrogen (secondary N) is 1. The molecule has 1 aromatic carbocycles. The van der Waals surface area contributed by atoms with Crippen molar-refractivity contribution in [2.24, 2.45) is 0 Å². The van der Waals surface area contributed by atoms with Gasteiger partial charge in [-0.25, -0.2) is 8.42 Å². The largest absolute Gasteiger partial charge is 0.367 e. The van der Waals surface area contributed by atoms with E-state index in [1.165, 1.54) is 6.26 Å². The minimum absolute atomic E-state index is 0.386. The smallest absolute Gasteiger partial charge is 0.175 e. The standard InChI is InChI=1S/C14H22N2O2S/c1-3-10-16(13-8-9-15-11-13)12-4-6-14(7-5-12)19(2,17)18/h4-7,13,15H,3,8-11H2,1-2H3. The fourth-order valence-corrected chi connectivity index (χ4v) is 3.18. The van der Waals surface area contributed by atoms with Crippen LogP contribution in [0.5, 0.6) is 0 Å². The van der Waals surface area contributed by atoms with Crippen molar-refractivity contribution in [3.8, 4) is 0 Å². The summed E-state index contributed by atoms with van der Waals surface area (Å²) in [5, 5.41) is 3.38. The van der Waals surface area contributed by atoms with E-state index in [1.54, 1.807) is 12.1 Å². The van der Waals surface area contributed by atoms with Gasteiger partial charge < -0.3 is 10.2 Å². The summed E-state index contributed by atoms with van der Waals surface area (Å²) in [6, 6.07) is 7.77. The highest BCUT2D eigenvalue weighted by Gasteiger charge is 2.22. The molecule has 1 unspecified atom stereocenters. The summed E-state index contributed by atoms with van der Waals surface area (Å²) < 4.78 is 22.9. The maximum Gasteiger partial charge on any atom is 0.175 e. The van der Waals surface area contributed by atoms with Gasteiger partial charge in [-0.05, 0) is 43.7 Å². The second kappa shape index (κ2) is 5.92. The van der Waals surface area contributed by atoms with Crippen molar-refractivity contribution in [1.29, 1.82) is 0 Å². The summed E-state index contributed by atoms with van der Waals surface area (Å²) in [7, 11) is -3.11. The van der Waals surface area contributed by atoms with Crippen molar-refractivity contribution in [2.75, 3.05) is 30.8 Å². The molecule has 0 spiro atoms. The van der Waals surface area contributed by atoms with E-state index in [9.17, 15) is 8.42 Å². The molecule has 1 N–H and O–H groups in total. The lowest BCUT2D eigenvalue weighted by molar-refractivity contribution is 0.601. The molecule has 4 nitrogen and oxygen atoms in total. The van der Waals surface area contributed by atoms with Crippen LogP contribution >= 0.6 is 0 Å². The predicted octanol–water partition coefficient (Wildman–Crippen LogP) is 1.67. The number of anilines is 1. The average molecular weight is 282 g/mol. The van der Waals surface area contributed by atoms with Crippen molar-refractivity contribution < 1.29 is 8.42 Å². The first-order chi connectivity index (χ1) is 9.02. The molecular weight excluding hydrogens is 260 g/mol. The highest BCUT2D eigenvalue weighted by Crippen LogP contribution is 2.22. The molecule has 106 valence electrons. The van der Waals surface area contributed by atoms with Crippen LogP contribution in [0.4, 0.5) is 5.69 Å². The van der Waals surface area contributed by atoms with E-state index < -0.39 is 9.84 Å². The van der Waals surface area contributed by atoms with Gasteiger partial charge in [-0.3, -0.25) is 0 Å². The van der Waals surface area contributed by atoms with Gasteiger partial charge in [0, 0.05) is 31.1 Å². The van der Waals surface area contributed by atoms with Crippen LogP contribution in [-0.2, 0) is 9.84 Å². The Kier molecular flexibility index (Phi) is 4.47. The molecule has 0 amide bonds. The monoisotopic (exact) mass is 282 g/mol. The number of sulfone groups is 1. The zero-order valence-corrected chi connectivity index (χ0v) is 12.4. The maximum atomic E-state index is 11.5. The van der Waals surface area contributed by atoms with Crippen LogP contribution in [0, 0.1) is 0 Å². The Hall–Kier alpha value is -1.07. The molecule has 0 aliphatic carbocycles. The first-order valence-corrected chi connectivity index (χ1v) is 8.69. The Labute approximate surface area is 115 Å². The minimum Gasteiger partial charge on any atom is -0.367 e.